The first-order valence-electron chi connectivity index (χ1n) is 6.06. The van der Waals surface area contributed by atoms with Gasteiger partial charge in [0.2, 0.25) is 5.91 Å². The zero-order valence-electron chi connectivity index (χ0n) is 10.2. The molecule has 2 rings (SSSR count). The van der Waals surface area contributed by atoms with Gasteiger partial charge in [-0.3, -0.25) is 4.79 Å². The molecule has 0 radical (unpaired) electrons. The molecule has 1 heterocycles. The fourth-order valence-electron chi connectivity index (χ4n) is 2.06. The average molecular weight is 273 g/mol. The molecule has 1 fully saturated rings. The van der Waals surface area contributed by atoms with E-state index in [-0.39, 0.29) is 18.1 Å². The van der Waals surface area contributed by atoms with Gasteiger partial charge in [0.25, 0.3) is 0 Å². The quantitative estimate of drug-likeness (QED) is 0.847. The number of amides is 1. The lowest BCUT2D eigenvalue weighted by atomic mass is 10.1. The summed E-state index contributed by atoms with van der Waals surface area (Å²) >= 11 is 0. The Kier molecular flexibility index (Phi) is 3.97. The van der Waals surface area contributed by atoms with Crippen LogP contribution >= 0.6 is 0 Å². The maximum absolute atomic E-state index is 12.0. The Labute approximate surface area is 109 Å². The van der Waals surface area contributed by atoms with E-state index in [1.165, 1.54) is 24.3 Å². The van der Waals surface area contributed by atoms with Crippen LogP contribution in [0.1, 0.15) is 18.4 Å². The molecule has 0 unspecified atom stereocenters. The molecule has 0 aliphatic carbocycles. The second-order valence-electron chi connectivity index (χ2n) is 4.46. The van der Waals surface area contributed by atoms with Crippen molar-refractivity contribution in [2.45, 2.75) is 25.6 Å². The predicted molar refractivity (Wildman–Crippen MR) is 62.6 cm³/mol. The predicted octanol–water partition coefficient (Wildman–Crippen LogP) is 2.75. The number of halogens is 3. The molecule has 0 saturated carbocycles. The summed E-state index contributed by atoms with van der Waals surface area (Å²) in [5.74, 6) is -0.258. The van der Waals surface area contributed by atoms with Crippen LogP contribution in [0.5, 0.6) is 5.75 Å². The van der Waals surface area contributed by atoms with Crippen LogP contribution in [0.4, 0.5) is 13.2 Å². The van der Waals surface area contributed by atoms with Crippen molar-refractivity contribution in [3.8, 4) is 5.75 Å². The van der Waals surface area contributed by atoms with Gasteiger partial charge in [-0.1, -0.05) is 12.1 Å². The van der Waals surface area contributed by atoms with E-state index in [4.69, 9.17) is 0 Å². The second kappa shape index (κ2) is 5.50. The Morgan fingerprint density at radius 2 is 1.74 bits per heavy atom. The molecule has 1 saturated heterocycles. The largest absolute Gasteiger partial charge is 0.573 e. The normalized spacial score (nSPS) is 15.6. The van der Waals surface area contributed by atoms with Gasteiger partial charge in [-0.2, -0.15) is 0 Å². The number of likely N-dealkylation sites (tertiary alicyclic amines) is 1. The maximum Gasteiger partial charge on any atom is 0.573 e. The Hall–Kier alpha value is -1.72. The minimum Gasteiger partial charge on any atom is -0.406 e. The highest BCUT2D eigenvalue weighted by Gasteiger charge is 2.31. The summed E-state index contributed by atoms with van der Waals surface area (Å²) < 4.78 is 39.7. The van der Waals surface area contributed by atoms with Crippen molar-refractivity contribution in [1.82, 2.24) is 4.90 Å². The molecule has 3 nitrogen and oxygen atoms in total. The molecule has 0 bridgehead atoms. The van der Waals surface area contributed by atoms with E-state index in [1.54, 1.807) is 4.90 Å². The molecule has 6 heteroatoms. The third-order valence-electron chi connectivity index (χ3n) is 2.97. The van der Waals surface area contributed by atoms with Crippen LogP contribution in [0.25, 0.3) is 0 Å². The minimum absolute atomic E-state index is 0.0157. The third-order valence-corrected chi connectivity index (χ3v) is 2.97. The van der Waals surface area contributed by atoms with E-state index in [1.807, 2.05) is 0 Å². The van der Waals surface area contributed by atoms with Gasteiger partial charge in [-0.15, -0.1) is 13.2 Å². The van der Waals surface area contributed by atoms with Gasteiger partial charge in [-0.05, 0) is 30.5 Å². The summed E-state index contributed by atoms with van der Waals surface area (Å²) in [6, 6.07) is 5.41. The van der Waals surface area contributed by atoms with Gasteiger partial charge in [0.05, 0.1) is 6.42 Å². The summed E-state index contributed by atoms with van der Waals surface area (Å²) in [5, 5.41) is 0. The zero-order valence-corrected chi connectivity index (χ0v) is 10.2. The fraction of sp³-hybridized carbons (Fsp3) is 0.462. The number of benzene rings is 1. The van der Waals surface area contributed by atoms with Crippen LogP contribution in [0.15, 0.2) is 24.3 Å². The molecule has 0 spiro atoms. The number of carbonyl (C=O) groups excluding carboxylic acids is 1. The molecular weight excluding hydrogens is 259 g/mol. The lowest BCUT2D eigenvalue weighted by Gasteiger charge is -2.15. The first-order valence-corrected chi connectivity index (χ1v) is 6.06. The third kappa shape index (κ3) is 4.15. The topological polar surface area (TPSA) is 29.5 Å². The van der Waals surface area contributed by atoms with Crippen LogP contribution in [0.3, 0.4) is 0 Å². The number of rotatable bonds is 3. The van der Waals surface area contributed by atoms with E-state index in [0.717, 1.165) is 25.9 Å². The number of alkyl halides is 3. The molecular formula is C13H14F3NO2. The van der Waals surface area contributed by atoms with Crippen molar-refractivity contribution >= 4 is 5.91 Å². The smallest absolute Gasteiger partial charge is 0.406 e. The van der Waals surface area contributed by atoms with E-state index in [0.29, 0.717) is 5.56 Å². The van der Waals surface area contributed by atoms with Gasteiger partial charge >= 0.3 is 6.36 Å². The molecule has 104 valence electrons. The SMILES string of the molecule is O=C(Cc1ccc(OC(F)(F)F)cc1)N1CCCC1. The first kappa shape index (κ1) is 13.7. The van der Waals surface area contributed by atoms with Crippen molar-refractivity contribution < 1.29 is 22.7 Å². The highest BCUT2D eigenvalue weighted by Crippen LogP contribution is 2.23. The van der Waals surface area contributed by atoms with Crippen molar-refractivity contribution in [1.29, 1.82) is 0 Å². The highest BCUT2D eigenvalue weighted by molar-refractivity contribution is 5.79. The van der Waals surface area contributed by atoms with E-state index in [9.17, 15) is 18.0 Å². The van der Waals surface area contributed by atoms with Crippen LogP contribution in [-0.2, 0) is 11.2 Å². The molecule has 1 amide bonds. The maximum atomic E-state index is 12.0. The number of hydrogen-bond donors (Lipinski definition) is 0. The first-order chi connectivity index (χ1) is 8.94. The number of ether oxygens (including phenoxy) is 1. The van der Waals surface area contributed by atoms with Gasteiger partial charge < -0.3 is 9.64 Å². The van der Waals surface area contributed by atoms with Crippen molar-refractivity contribution in [2.75, 3.05) is 13.1 Å². The molecule has 1 aliphatic rings. The minimum atomic E-state index is -4.69. The van der Waals surface area contributed by atoms with Crippen molar-refractivity contribution in [3.05, 3.63) is 29.8 Å². The Bertz CT molecular complexity index is 436. The Morgan fingerprint density at radius 3 is 2.26 bits per heavy atom. The van der Waals surface area contributed by atoms with Gasteiger partial charge in [0.15, 0.2) is 0 Å². The fourth-order valence-corrected chi connectivity index (χ4v) is 2.06. The van der Waals surface area contributed by atoms with Crippen LogP contribution in [0, 0.1) is 0 Å². The summed E-state index contributed by atoms with van der Waals surface area (Å²) in [6.07, 6.45) is -2.44. The molecule has 1 aromatic rings. The monoisotopic (exact) mass is 273 g/mol. The summed E-state index contributed by atoms with van der Waals surface area (Å²) in [5.41, 5.74) is 0.687. The van der Waals surface area contributed by atoms with Crippen LogP contribution in [0.2, 0.25) is 0 Å². The summed E-state index contributed by atoms with van der Waals surface area (Å²) in [7, 11) is 0. The molecule has 1 aliphatic heterocycles. The van der Waals surface area contributed by atoms with E-state index in [2.05, 4.69) is 4.74 Å². The Balaban J connectivity index is 1.93. The summed E-state index contributed by atoms with van der Waals surface area (Å²) in [6.45, 7) is 1.54. The lowest BCUT2D eigenvalue weighted by molar-refractivity contribution is -0.274. The second-order valence-corrected chi connectivity index (χ2v) is 4.46. The number of nitrogens with zero attached hydrogens (tertiary/aromatic N) is 1. The zero-order chi connectivity index (χ0) is 13.9. The molecule has 0 aromatic heterocycles. The van der Waals surface area contributed by atoms with E-state index < -0.39 is 6.36 Å². The number of carbonyl (C=O) groups is 1. The van der Waals surface area contributed by atoms with Crippen molar-refractivity contribution in [3.63, 3.8) is 0 Å². The van der Waals surface area contributed by atoms with Gasteiger partial charge in [0, 0.05) is 13.1 Å². The highest BCUT2D eigenvalue weighted by atomic mass is 19.4. The summed E-state index contributed by atoms with van der Waals surface area (Å²) in [4.78, 5) is 13.6. The van der Waals surface area contributed by atoms with Gasteiger partial charge in [-0.25, -0.2) is 0 Å². The van der Waals surface area contributed by atoms with Gasteiger partial charge in [0.1, 0.15) is 5.75 Å². The van der Waals surface area contributed by atoms with Crippen molar-refractivity contribution in [2.24, 2.45) is 0 Å². The molecule has 1 aromatic carbocycles. The van der Waals surface area contributed by atoms with Crippen LogP contribution in [-0.4, -0.2) is 30.3 Å². The lowest BCUT2D eigenvalue weighted by Crippen LogP contribution is -2.29. The van der Waals surface area contributed by atoms with Crippen LogP contribution < -0.4 is 4.74 Å². The standard InChI is InChI=1S/C13H14F3NO2/c14-13(15,16)19-11-5-3-10(4-6-11)9-12(18)17-7-1-2-8-17/h3-6H,1-2,7-9H2. The molecule has 0 atom stereocenters. The Morgan fingerprint density at radius 1 is 1.16 bits per heavy atom. The molecule has 0 N–H and O–H groups in total. The average Bonchev–Trinajstić information content (AvgIpc) is 2.83. The van der Waals surface area contributed by atoms with E-state index >= 15 is 0 Å². The molecule has 19 heavy (non-hydrogen) atoms. The number of hydrogen-bond acceptors (Lipinski definition) is 2.